The van der Waals surface area contributed by atoms with Gasteiger partial charge in [0.15, 0.2) is 0 Å². The molecule has 0 unspecified atom stereocenters. The van der Waals surface area contributed by atoms with Crippen molar-refractivity contribution in [3.05, 3.63) is 53.9 Å². The van der Waals surface area contributed by atoms with Crippen molar-refractivity contribution in [1.82, 2.24) is 15.1 Å². The number of aromatic nitrogens is 2. The molecule has 1 N–H and O–H groups in total. The minimum absolute atomic E-state index is 0.00121. The van der Waals surface area contributed by atoms with E-state index in [0.717, 1.165) is 5.56 Å². The van der Waals surface area contributed by atoms with Crippen LogP contribution in [0.25, 0.3) is 0 Å². The van der Waals surface area contributed by atoms with E-state index in [4.69, 9.17) is 0 Å². The molecule has 0 spiro atoms. The van der Waals surface area contributed by atoms with Crippen molar-refractivity contribution in [2.45, 2.75) is 12.7 Å². The summed E-state index contributed by atoms with van der Waals surface area (Å²) in [5.41, 5.74) is 1.39. The summed E-state index contributed by atoms with van der Waals surface area (Å²) < 4.78 is 41.6. The maximum atomic E-state index is 11.9. The number of benzene rings is 1. The monoisotopic (exact) mass is 327 g/mol. The van der Waals surface area contributed by atoms with Crippen LogP contribution < -0.4 is 5.32 Å². The van der Waals surface area contributed by atoms with Crippen LogP contribution in [0.5, 0.6) is 0 Å². The highest BCUT2D eigenvalue weighted by atomic mass is 19.4. The third kappa shape index (κ3) is 6.11. The second-order valence-corrected chi connectivity index (χ2v) is 4.84. The molecule has 1 aromatic carbocycles. The Hall–Kier alpha value is -2.35. The van der Waals surface area contributed by atoms with Crippen LogP contribution in [0.4, 0.5) is 13.2 Å². The van der Waals surface area contributed by atoms with Crippen LogP contribution in [0.1, 0.15) is 15.9 Å². The second-order valence-electron chi connectivity index (χ2n) is 4.84. The molecule has 1 amide bonds. The quantitative estimate of drug-likeness (QED) is 0.794. The molecule has 23 heavy (non-hydrogen) atoms. The lowest BCUT2D eigenvalue weighted by molar-refractivity contribution is -0.173. The number of hydrogen-bond donors (Lipinski definition) is 1. The summed E-state index contributed by atoms with van der Waals surface area (Å²) >= 11 is 0. The van der Waals surface area contributed by atoms with Crippen LogP contribution in [-0.2, 0) is 11.3 Å². The van der Waals surface area contributed by atoms with Gasteiger partial charge in [0.25, 0.3) is 5.91 Å². The molecule has 124 valence electrons. The highest BCUT2D eigenvalue weighted by Gasteiger charge is 2.27. The molecule has 5 nitrogen and oxygen atoms in total. The number of rotatable bonds is 7. The fourth-order valence-corrected chi connectivity index (χ4v) is 1.86. The fraction of sp³-hybridized carbons (Fsp3) is 0.333. The number of alkyl halides is 3. The van der Waals surface area contributed by atoms with E-state index >= 15 is 0 Å². The standard InChI is InChI=1S/C15H16F3N3O2/c16-15(17,18)11-23-7-6-19-14(22)13-8-20-21(10-13)9-12-4-2-1-3-5-12/h1-5,8,10H,6-7,9,11H2,(H,19,22). The highest BCUT2D eigenvalue weighted by molar-refractivity contribution is 5.93. The van der Waals surface area contributed by atoms with Crippen molar-refractivity contribution < 1.29 is 22.7 Å². The van der Waals surface area contributed by atoms with Gasteiger partial charge in [-0.1, -0.05) is 30.3 Å². The van der Waals surface area contributed by atoms with Crippen LogP contribution in [-0.4, -0.2) is 41.6 Å². The number of carbonyl (C=O) groups is 1. The molecule has 0 aliphatic carbocycles. The maximum absolute atomic E-state index is 11.9. The minimum Gasteiger partial charge on any atom is -0.370 e. The number of carbonyl (C=O) groups excluding carboxylic acids is 1. The van der Waals surface area contributed by atoms with Crippen molar-refractivity contribution in [3.63, 3.8) is 0 Å². The molecule has 2 rings (SSSR count). The van der Waals surface area contributed by atoms with Gasteiger partial charge >= 0.3 is 6.18 Å². The number of ether oxygens (including phenoxy) is 1. The van der Waals surface area contributed by atoms with Crippen molar-refractivity contribution in [2.24, 2.45) is 0 Å². The van der Waals surface area contributed by atoms with Gasteiger partial charge in [-0.05, 0) is 5.56 Å². The van der Waals surface area contributed by atoms with E-state index in [1.807, 2.05) is 30.3 Å². The molecule has 2 aromatic rings. The zero-order chi connectivity index (χ0) is 16.7. The van der Waals surface area contributed by atoms with Crippen LogP contribution in [0.15, 0.2) is 42.7 Å². The number of nitrogens with one attached hydrogen (secondary N) is 1. The zero-order valence-electron chi connectivity index (χ0n) is 12.2. The highest BCUT2D eigenvalue weighted by Crippen LogP contribution is 2.13. The maximum Gasteiger partial charge on any atom is 0.411 e. The fourth-order valence-electron chi connectivity index (χ4n) is 1.86. The summed E-state index contributed by atoms with van der Waals surface area (Å²) in [6.45, 7) is -0.997. The lowest BCUT2D eigenvalue weighted by atomic mass is 10.2. The lowest BCUT2D eigenvalue weighted by Crippen LogP contribution is -2.28. The molecule has 1 heterocycles. The molecule has 0 aliphatic rings. The normalized spacial score (nSPS) is 11.4. The smallest absolute Gasteiger partial charge is 0.370 e. The Bertz CT molecular complexity index is 626. The number of hydrogen-bond acceptors (Lipinski definition) is 3. The number of amides is 1. The summed E-state index contributed by atoms with van der Waals surface area (Å²) in [7, 11) is 0. The topological polar surface area (TPSA) is 56.1 Å². The first-order valence-electron chi connectivity index (χ1n) is 6.93. The van der Waals surface area contributed by atoms with E-state index in [1.165, 1.54) is 6.20 Å². The molecule has 0 atom stereocenters. The van der Waals surface area contributed by atoms with E-state index in [0.29, 0.717) is 12.1 Å². The van der Waals surface area contributed by atoms with Crippen LogP contribution in [0.2, 0.25) is 0 Å². The zero-order valence-corrected chi connectivity index (χ0v) is 12.2. The molecule has 1 aromatic heterocycles. The summed E-state index contributed by atoms with van der Waals surface area (Å²) in [6.07, 6.45) is -1.36. The predicted molar refractivity (Wildman–Crippen MR) is 77.0 cm³/mol. The third-order valence-corrected chi connectivity index (χ3v) is 2.88. The summed E-state index contributed by atoms with van der Waals surface area (Å²) in [5, 5.41) is 6.56. The first-order valence-corrected chi connectivity index (χ1v) is 6.93. The van der Waals surface area contributed by atoms with Gasteiger partial charge in [0.05, 0.1) is 24.9 Å². The first-order chi connectivity index (χ1) is 10.9. The Labute approximate surface area is 131 Å². The number of halogens is 3. The Balaban J connectivity index is 1.75. The van der Waals surface area contributed by atoms with Gasteiger partial charge < -0.3 is 10.1 Å². The van der Waals surface area contributed by atoms with Gasteiger partial charge in [0, 0.05) is 12.7 Å². The average Bonchev–Trinajstić information content (AvgIpc) is 2.95. The van der Waals surface area contributed by atoms with Gasteiger partial charge in [-0.15, -0.1) is 0 Å². The van der Waals surface area contributed by atoms with Crippen LogP contribution >= 0.6 is 0 Å². The predicted octanol–water partition coefficient (Wildman–Crippen LogP) is 2.24. The van der Waals surface area contributed by atoms with E-state index < -0.39 is 18.7 Å². The molecular weight excluding hydrogens is 311 g/mol. The number of nitrogens with zero attached hydrogens (tertiary/aromatic N) is 2. The second kappa shape index (κ2) is 7.77. The summed E-state index contributed by atoms with van der Waals surface area (Å²) in [5.74, 6) is -0.403. The Morgan fingerprint density at radius 3 is 2.70 bits per heavy atom. The van der Waals surface area contributed by atoms with Crippen molar-refractivity contribution in [2.75, 3.05) is 19.8 Å². The van der Waals surface area contributed by atoms with Crippen LogP contribution in [0.3, 0.4) is 0 Å². The van der Waals surface area contributed by atoms with Gasteiger partial charge in [-0.2, -0.15) is 18.3 Å². The average molecular weight is 327 g/mol. The Morgan fingerprint density at radius 2 is 2.00 bits per heavy atom. The van der Waals surface area contributed by atoms with Crippen LogP contribution in [0, 0.1) is 0 Å². The van der Waals surface area contributed by atoms with E-state index in [2.05, 4.69) is 15.2 Å². The van der Waals surface area contributed by atoms with E-state index in [-0.39, 0.29) is 13.2 Å². The first kappa shape index (κ1) is 17.0. The van der Waals surface area contributed by atoms with Gasteiger partial charge in [-0.3, -0.25) is 9.48 Å². The molecule has 0 fully saturated rings. The van der Waals surface area contributed by atoms with Crippen molar-refractivity contribution in [1.29, 1.82) is 0 Å². The van der Waals surface area contributed by atoms with Crippen molar-refractivity contribution >= 4 is 5.91 Å². The van der Waals surface area contributed by atoms with E-state index in [9.17, 15) is 18.0 Å². The minimum atomic E-state index is -4.36. The summed E-state index contributed by atoms with van der Waals surface area (Å²) in [6, 6.07) is 9.62. The largest absolute Gasteiger partial charge is 0.411 e. The van der Waals surface area contributed by atoms with E-state index in [1.54, 1.807) is 10.9 Å². The molecule has 0 radical (unpaired) electrons. The lowest BCUT2D eigenvalue weighted by Gasteiger charge is -2.07. The molecular formula is C15H16F3N3O2. The Morgan fingerprint density at radius 1 is 1.26 bits per heavy atom. The molecule has 0 aliphatic heterocycles. The van der Waals surface area contributed by atoms with Gasteiger partial charge in [0.1, 0.15) is 6.61 Å². The Kier molecular flexibility index (Phi) is 5.75. The summed E-state index contributed by atoms with van der Waals surface area (Å²) in [4.78, 5) is 11.8. The molecule has 0 saturated heterocycles. The molecule has 8 heteroatoms. The van der Waals surface area contributed by atoms with Crippen molar-refractivity contribution in [3.8, 4) is 0 Å². The SMILES string of the molecule is O=C(NCCOCC(F)(F)F)c1cnn(Cc2ccccc2)c1. The van der Waals surface area contributed by atoms with Gasteiger partial charge in [-0.25, -0.2) is 0 Å². The molecule has 0 saturated carbocycles. The van der Waals surface area contributed by atoms with Gasteiger partial charge in [0.2, 0.25) is 0 Å². The third-order valence-electron chi connectivity index (χ3n) is 2.88. The molecule has 0 bridgehead atoms.